The third kappa shape index (κ3) is 5.67. The summed E-state index contributed by atoms with van der Waals surface area (Å²) in [7, 11) is 0. The monoisotopic (exact) mass is 378 g/mol. The highest BCUT2D eigenvalue weighted by Gasteiger charge is 2.15. The summed E-state index contributed by atoms with van der Waals surface area (Å²) in [5.74, 6) is 1.09. The third-order valence-electron chi connectivity index (χ3n) is 4.84. The highest BCUT2D eigenvalue weighted by atomic mass is 19.1. The van der Waals surface area contributed by atoms with E-state index in [4.69, 9.17) is 4.74 Å². The Hall–Kier alpha value is -2.65. The van der Waals surface area contributed by atoms with Crippen molar-refractivity contribution in [2.45, 2.75) is 38.8 Å². The molecule has 0 radical (unpaired) electrons. The molecule has 0 spiro atoms. The fraction of sp³-hybridized carbons (Fsp3) is 0.280. The van der Waals surface area contributed by atoms with Gasteiger partial charge in [0.15, 0.2) is 0 Å². The number of hydrogen-bond donors (Lipinski definition) is 1. The summed E-state index contributed by atoms with van der Waals surface area (Å²) in [6.07, 6.45) is 1.16. The average Bonchev–Trinajstić information content (AvgIpc) is 2.70. The van der Waals surface area contributed by atoms with Crippen LogP contribution in [0.2, 0.25) is 0 Å². The lowest BCUT2D eigenvalue weighted by atomic mass is 9.88. The van der Waals surface area contributed by atoms with E-state index in [1.165, 1.54) is 17.2 Å². The Morgan fingerprint density at radius 1 is 0.821 bits per heavy atom. The van der Waals surface area contributed by atoms with Gasteiger partial charge in [-0.25, -0.2) is 4.39 Å². The van der Waals surface area contributed by atoms with Crippen molar-refractivity contribution in [2.24, 2.45) is 0 Å². The van der Waals surface area contributed by atoms with E-state index in [1.807, 2.05) is 44.2 Å². The molecule has 0 unspecified atom stereocenters. The molecule has 3 rings (SSSR count). The van der Waals surface area contributed by atoms with Gasteiger partial charge in [0, 0.05) is 17.9 Å². The molecule has 0 fully saturated rings. The molecule has 3 aromatic rings. The molecule has 3 heteroatoms. The molecule has 0 heterocycles. The van der Waals surface area contributed by atoms with Gasteiger partial charge < -0.3 is 10.1 Å². The standard InChI is InChI=1S/C25H28FNO/c1-19(2)28-23-14-12-21(13-15-23)24(20-8-4-3-5-9-20)16-17-27-18-22-10-6-7-11-25(22)26/h3-15,19,24,27H,16-18H2,1-2H3/p+1/t24-/m1/s1. The molecule has 0 aliphatic carbocycles. The van der Waals surface area contributed by atoms with Crippen molar-refractivity contribution in [3.8, 4) is 5.75 Å². The molecule has 2 N–H and O–H groups in total. The molecule has 0 bridgehead atoms. The van der Waals surface area contributed by atoms with Crippen LogP contribution in [0, 0.1) is 5.82 Å². The molecule has 0 aromatic heterocycles. The maximum absolute atomic E-state index is 13.8. The Balaban J connectivity index is 1.67. The van der Waals surface area contributed by atoms with Gasteiger partial charge in [-0.2, -0.15) is 0 Å². The van der Waals surface area contributed by atoms with Crippen molar-refractivity contribution in [3.05, 3.63) is 101 Å². The van der Waals surface area contributed by atoms with Crippen LogP contribution in [-0.4, -0.2) is 12.6 Å². The number of ether oxygens (including phenoxy) is 1. The largest absolute Gasteiger partial charge is 0.491 e. The molecule has 3 aromatic carbocycles. The average molecular weight is 379 g/mol. The number of nitrogens with two attached hydrogens (primary N) is 1. The minimum atomic E-state index is -0.126. The molecular weight excluding hydrogens is 349 g/mol. The van der Waals surface area contributed by atoms with Crippen molar-refractivity contribution < 1.29 is 14.4 Å². The Morgan fingerprint density at radius 3 is 2.14 bits per heavy atom. The van der Waals surface area contributed by atoms with E-state index in [9.17, 15) is 4.39 Å². The number of halogens is 1. The summed E-state index contributed by atoms with van der Waals surface area (Å²) in [6.45, 7) is 5.66. The van der Waals surface area contributed by atoms with E-state index in [0.717, 1.165) is 24.3 Å². The van der Waals surface area contributed by atoms with Crippen molar-refractivity contribution in [3.63, 3.8) is 0 Å². The zero-order valence-electron chi connectivity index (χ0n) is 16.6. The van der Waals surface area contributed by atoms with E-state index in [2.05, 4.69) is 41.7 Å². The maximum atomic E-state index is 13.8. The molecule has 0 aliphatic rings. The lowest BCUT2D eigenvalue weighted by molar-refractivity contribution is -0.671. The summed E-state index contributed by atoms with van der Waals surface area (Å²) < 4.78 is 19.6. The topological polar surface area (TPSA) is 25.8 Å². The first kappa shape index (κ1) is 20.1. The minimum Gasteiger partial charge on any atom is -0.491 e. The van der Waals surface area contributed by atoms with Crippen LogP contribution >= 0.6 is 0 Å². The summed E-state index contributed by atoms with van der Waals surface area (Å²) in [6, 6.07) is 26.0. The van der Waals surface area contributed by atoms with E-state index in [1.54, 1.807) is 6.07 Å². The minimum absolute atomic E-state index is 0.126. The molecule has 28 heavy (non-hydrogen) atoms. The Bertz CT molecular complexity index is 846. The van der Waals surface area contributed by atoms with Crippen LogP contribution in [0.5, 0.6) is 5.75 Å². The van der Waals surface area contributed by atoms with Crippen LogP contribution in [0.15, 0.2) is 78.9 Å². The zero-order chi connectivity index (χ0) is 19.8. The smallest absolute Gasteiger partial charge is 0.132 e. The van der Waals surface area contributed by atoms with Crippen molar-refractivity contribution in [2.75, 3.05) is 6.54 Å². The number of rotatable bonds is 9. The second kappa shape index (κ2) is 10.0. The van der Waals surface area contributed by atoms with Gasteiger partial charge in [0.25, 0.3) is 0 Å². The van der Waals surface area contributed by atoms with E-state index >= 15 is 0 Å². The third-order valence-corrected chi connectivity index (χ3v) is 4.84. The molecule has 0 aliphatic heterocycles. The van der Waals surface area contributed by atoms with Gasteiger partial charge in [-0.3, -0.25) is 0 Å². The predicted octanol–water partition coefficient (Wildman–Crippen LogP) is 4.90. The van der Waals surface area contributed by atoms with Crippen LogP contribution in [0.3, 0.4) is 0 Å². The lowest BCUT2D eigenvalue weighted by Gasteiger charge is -2.18. The molecule has 2 nitrogen and oxygen atoms in total. The van der Waals surface area contributed by atoms with Crippen LogP contribution in [-0.2, 0) is 6.54 Å². The number of hydrogen-bond acceptors (Lipinski definition) is 1. The maximum Gasteiger partial charge on any atom is 0.132 e. The summed E-state index contributed by atoms with van der Waals surface area (Å²) in [5.41, 5.74) is 3.34. The van der Waals surface area contributed by atoms with Crippen molar-refractivity contribution in [1.82, 2.24) is 0 Å². The highest BCUT2D eigenvalue weighted by molar-refractivity contribution is 5.36. The van der Waals surface area contributed by atoms with Gasteiger partial charge in [0.05, 0.1) is 12.6 Å². The van der Waals surface area contributed by atoms with Gasteiger partial charge in [0.2, 0.25) is 0 Å². The van der Waals surface area contributed by atoms with Gasteiger partial charge in [-0.15, -0.1) is 0 Å². The first-order valence-electron chi connectivity index (χ1n) is 10.00. The first-order valence-corrected chi connectivity index (χ1v) is 10.00. The lowest BCUT2D eigenvalue weighted by Crippen LogP contribution is -2.82. The summed E-state index contributed by atoms with van der Waals surface area (Å²) >= 11 is 0. The predicted molar refractivity (Wildman–Crippen MR) is 112 cm³/mol. The number of quaternary nitrogens is 1. The summed E-state index contributed by atoms with van der Waals surface area (Å²) in [5, 5.41) is 2.19. The molecule has 1 atom stereocenters. The Labute approximate surface area is 167 Å². The fourth-order valence-corrected chi connectivity index (χ4v) is 3.47. The van der Waals surface area contributed by atoms with Gasteiger partial charge in [0.1, 0.15) is 18.1 Å². The molecule has 0 saturated heterocycles. The highest BCUT2D eigenvalue weighted by Crippen LogP contribution is 2.29. The van der Waals surface area contributed by atoms with Gasteiger partial charge in [-0.05, 0) is 43.2 Å². The zero-order valence-corrected chi connectivity index (χ0v) is 16.6. The van der Waals surface area contributed by atoms with Crippen molar-refractivity contribution >= 4 is 0 Å². The summed E-state index contributed by atoms with van der Waals surface area (Å²) in [4.78, 5) is 0. The van der Waals surface area contributed by atoms with Gasteiger partial charge >= 0.3 is 0 Å². The molecule has 146 valence electrons. The molecular formula is C25H29FNO+. The van der Waals surface area contributed by atoms with E-state index in [0.29, 0.717) is 12.5 Å². The molecule has 0 saturated carbocycles. The Kier molecular flexibility index (Phi) is 7.21. The second-order valence-electron chi connectivity index (χ2n) is 7.36. The van der Waals surface area contributed by atoms with Gasteiger partial charge in [-0.1, -0.05) is 60.7 Å². The number of benzene rings is 3. The van der Waals surface area contributed by atoms with Crippen LogP contribution in [0.4, 0.5) is 4.39 Å². The van der Waals surface area contributed by atoms with Crippen molar-refractivity contribution in [1.29, 1.82) is 0 Å². The SMILES string of the molecule is CC(C)Oc1ccc([C@H](CC[NH2+]Cc2ccccc2F)c2ccccc2)cc1. The quantitative estimate of drug-likeness (QED) is 0.527. The van der Waals surface area contributed by atoms with E-state index in [-0.39, 0.29) is 11.9 Å². The first-order chi connectivity index (χ1) is 13.6. The second-order valence-corrected chi connectivity index (χ2v) is 7.36. The van der Waals surface area contributed by atoms with Crippen LogP contribution < -0.4 is 10.1 Å². The van der Waals surface area contributed by atoms with Crippen LogP contribution in [0.1, 0.15) is 42.9 Å². The fourth-order valence-electron chi connectivity index (χ4n) is 3.47. The molecule has 0 amide bonds. The Morgan fingerprint density at radius 2 is 1.46 bits per heavy atom. The normalized spacial score (nSPS) is 12.1. The van der Waals surface area contributed by atoms with E-state index < -0.39 is 0 Å². The van der Waals surface area contributed by atoms with Crippen LogP contribution in [0.25, 0.3) is 0 Å².